The highest BCUT2D eigenvalue weighted by molar-refractivity contribution is 8.01. The van der Waals surface area contributed by atoms with Crippen LogP contribution in [0.15, 0.2) is 6.20 Å². The van der Waals surface area contributed by atoms with E-state index in [4.69, 9.17) is 0 Å². The zero-order valence-electron chi connectivity index (χ0n) is 12.4. The van der Waals surface area contributed by atoms with Crippen molar-refractivity contribution in [2.75, 3.05) is 12.9 Å². The summed E-state index contributed by atoms with van der Waals surface area (Å²) in [5.74, 6) is -0.0360. The molecule has 0 saturated carbocycles. The van der Waals surface area contributed by atoms with Crippen molar-refractivity contribution in [3.05, 3.63) is 16.1 Å². The molecule has 0 aliphatic rings. The highest BCUT2D eigenvalue weighted by atomic mass is 32.2. The molecule has 7 heteroatoms. The third-order valence-electron chi connectivity index (χ3n) is 2.29. The van der Waals surface area contributed by atoms with Crippen LogP contribution in [0.5, 0.6) is 0 Å². The van der Waals surface area contributed by atoms with Gasteiger partial charge in [0.25, 0.3) is 0 Å². The summed E-state index contributed by atoms with van der Waals surface area (Å²) < 4.78 is 4.68. The Hall–Kier alpha value is -1.08. The molecule has 0 spiro atoms. The summed E-state index contributed by atoms with van der Waals surface area (Å²) >= 11 is 2.82. The monoisotopic (exact) mass is 316 g/mol. The molecule has 1 N–H and O–H groups in total. The molecule has 1 heterocycles. The molecule has 0 aliphatic carbocycles. The summed E-state index contributed by atoms with van der Waals surface area (Å²) in [6, 6.07) is -0.216. The number of rotatable bonds is 5. The molecule has 20 heavy (non-hydrogen) atoms. The zero-order chi connectivity index (χ0) is 15.3. The van der Waals surface area contributed by atoms with Crippen LogP contribution in [0, 0.1) is 0 Å². The first kappa shape index (κ1) is 17.0. The molecule has 0 aliphatic heterocycles. The Balaban J connectivity index is 2.54. The third-order valence-corrected chi connectivity index (χ3v) is 4.73. The standard InChI is InChI=1S/C13H20N2O3S2/c1-8(15-10(16)7-19-13(2,3)4)11-14-6-9(20-11)12(17)18-5/h6,8H,7H2,1-5H3,(H,15,16)/t8-/m0/s1. The quantitative estimate of drug-likeness (QED) is 0.846. The number of carbonyl (C=O) groups excluding carboxylic acids is 2. The summed E-state index contributed by atoms with van der Waals surface area (Å²) in [7, 11) is 1.33. The average Bonchev–Trinajstić information content (AvgIpc) is 2.84. The molecular formula is C13H20N2O3S2. The molecule has 0 unspecified atom stereocenters. The van der Waals surface area contributed by atoms with E-state index in [9.17, 15) is 9.59 Å². The topological polar surface area (TPSA) is 68.3 Å². The van der Waals surface area contributed by atoms with Gasteiger partial charge in [0, 0.05) is 4.75 Å². The maximum absolute atomic E-state index is 11.8. The van der Waals surface area contributed by atoms with Crippen molar-refractivity contribution in [3.63, 3.8) is 0 Å². The van der Waals surface area contributed by atoms with E-state index in [1.807, 2.05) is 6.92 Å². The normalized spacial score (nSPS) is 12.8. The van der Waals surface area contributed by atoms with Crippen LogP contribution in [0.25, 0.3) is 0 Å². The summed E-state index contributed by atoms with van der Waals surface area (Å²) in [4.78, 5) is 27.7. The third kappa shape index (κ3) is 5.50. The number of aromatic nitrogens is 1. The average molecular weight is 316 g/mol. The lowest BCUT2D eigenvalue weighted by Gasteiger charge is -2.18. The van der Waals surface area contributed by atoms with Crippen LogP contribution in [0.1, 0.15) is 48.4 Å². The Morgan fingerprint density at radius 1 is 1.50 bits per heavy atom. The van der Waals surface area contributed by atoms with E-state index in [1.165, 1.54) is 24.6 Å². The molecule has 0 fully saturated rings. The van der Waals surface area contributed by atoms with Gasteiger partial charge in [0.2, 0.25) is 5.91 Å². The predicted octanol–water partition coefficient (Wildman–Crippen LogP) is 2.64. The predicted molar refractivity (Wildman–Crippen MR) is 82.2 cm³/mol. The fourth-order valence-corrected chi connectivity index (χ4v) is 2.80. The number of carbonyl (C=O) groups is 2. The first-order valence-corrected chi connectivity index (χ1v) is 8.00. The second-order valence-corrected chi connectivity index (χ2v) is 8.11. The maximum Gasteiger partial charge on any atom is 0.349 e. The van der Waals surface area contributed by atoms with E-state index in [0.717, 1.165) is 0 Å². The minimum absolute atomic E-state index is 0.0350. The van der Waals surface area contributed by atoms with Crippen LogP contribution in [-0.2, 0) is 9.53 Å². The van der Waals surface area contributed by atoms with Gasteiger partial charge in [-0.05, 0) is 6.92 Å². The van der Waals surface area contributed by atoms with Gasteiger partial charge in [-0.25, -0.2) is 9.78 Å². The molecule has 0 radical (unpaired) electrons. The van der Waals surface area contributed by atoms with Gasteiger partial charge >= 0.3 is 5.97 Å². The lowest BCUT2D eigenvalue weighted by Crippen LogP contribution is -2.29. The van der Waals surface area contributed by atoms with E-state index in [-0.39, 0.29) is 16.7 Å². The molecule has 1 rings (SSSR count). The van der Waals surface area contributed by atoms with Crippen LogP contribution < -0.4 is 5.32 Å². The van der Waals surface area contributed by atoms with E-state index in [2.05, 4.69) is 35.8 Å². The summed E-state index contributed by atoms with van der Waals surface area (Å²) in [5, 5.41) is 3.57. The lowest BCUT2D eigenvalue weighted by atomic mass is 10.3. The number of nitrogens with one attached hydrogen (secondary N) is 1. The van der Waals surface area contributed by atoms with Gasteiger partial charge < -0.3 is 10.1 Å². The van der Waals surface area contributed by atoms with Gasteiger partial charge in [0.05, 0.1) is 25.1 Å². The first-order chi connectivity index (χ1) is 9.23. The number of hydrogen-bond donors (Lipinski definition) is 1. The van der Waals surface area contributed by atoms with Crippen LogP contribution in [0.4, 0.5) is 0 Å². The van der Waals surface area contributed by atoms with E-state index in [1.54, 1.807) is 11.8 Å². The van der Waals surface area contributed by atoms with Crippen LogP contribution >= 0.6 is 23.1 Å². The van der Waals surface area contributed by atoms with Crippen molar-refractivity contribution in [3.8, 4) is 0 Å². The largest absolute Gasteiger partial charge is 0.465 e. The molecule has 1 aromatic rings. The Bertz CT molecular complexity index is 480. The number of hydrogen-bond acceptors (Lipinski definition) is 6. The summed E-state index contributed by atoms with van der Waals surface area (Å²) in [6.45, 7) is 8.05. The highest BCUT2D eigenvalue weighted by Gasteiger charge is 2.18. The van der Waals surface area contributed by atoms with Crippen molar-refractivity contribution < 1.29 is 14.3 Å². The number of nitrogens with zero attached hydrogens (tertiary/aromatic N) is 1. The van der Waals surface area contributed by atoms with Crippen LogP contribution in [0.2, 0.25) is 0 Å². The number of esters is 1. The molecule has 0 saturated heterocycles. The second-order valence-electron chi connectivity index (χ2n) is 5.24. The van der Waals surface area contributed by atoms with E-state index < -0.39 is 5.97 Å². The van der Waals surface area contributed by atoms with Crippen molar-refractivity contribution in [1.82, 2.24) is 10.3 Å². The number of thioether (sulfide) groups is 1. The fraction of sp³-hybridized carbons (Fsp3) is 0.615. The minimum atomic E-state index is -0.407. The number of amides is 1. The molecular weight excluding hydrogens is 296 g/mol. The number of ether oxygens (including phenoxy) is 1. The van der Waals surface area contributed by atoms with E-state index >= 15 is 0 Å². The Morgan fingerprint density at radius 3 is 2.70 bits per heavy atom. The first-order valence-electron chi connectivity index (χ1n) is 6.20. The summed E-state index contributed by atoms with van der Waals surface area (Å²) in [5.41, 5.74) is 0. The molecule has 0 aromatic carbocycles. The molecule has 1 aromatic heterocycles. The molecule has 5 nitrogen and oxygen atoms in total. The molecule has 112 valence electrons. The Morgan fingerprint density at radius 2 is 2.15 bits per heavy atom. The van der Waals surface area contributed by atoms with Crippen LogP contribution in [0.3, 0.4) is 0 Å². The van der Waals surface area contributed by atoms with Crippen molar-refractivity contribution in [2.45, 2.75) is 38.5 Å². The van der Waals surface area contributed by atoms with Crippen molar-refractivity contribution >= 4 is 35.0 Å². The number of methoxy groups -OCH3 is 1. The second kappa shape index (κ2) is 7.08. The smallest absolute Gasteiger partial charge is 0.349 e. The van der Waals surface area contributed by atoms with Gasteiger partial charge in [0.1, 0.15) is 9.88 Å². The van der Waals surface area contributed by atoms with Gasteiger partial charge in [-0.1, -0.05) is 20.8 Å². The van der Waals surface area contributed by atoms with E-state index in [0.29, 0.717) is 15.6 Å². The summed E-state index contributed by atoms with van der Waals surface area (Å²) in [6.07, 6.45) is 1.47. The van der Waals surface area contributed by atoms with Gasteiger partial charge in [0.15, 0.2) is 0 Å². The Labute approximate surface area is 127 Å². The Kier molecular flexibility index (Phi) is 6.01. The molecule has 0 bridgehead atoms. The van der Waals surface area contributed by atoms with Crippen LogP contribution in [-0.4, -0.2) is 34.5 Å². The van der Waals surface area contributed by atoms with Crippen molar-refractivity contribution in [1.29, 1.82) is 0 Å². The lowest BCUT2D eigenvalue weighted by molar-refractivity contribution is -0.119. The number of thiazole rings is 1. The zero-order valence-corrected chi connectivity index (χ0v) is 14.0. The molecule has 1 atom stereocenters. The minimum Gasteiger partial charge on any atom is -0.465 e. The van der Waals surface area contributed by atoms with Gasteiger partial charge in [-0.3, -0.25) is 4.79 Å². The SMILES string of the molecule is COC(=O)c1cnc([C@H](C)NC(=O)CSC(C)(C)C)s1. The maximum atomic E-state index is 11.8. The molecule has 1 amide bonds. The van der Waals surface area contributed by atoms with Gasteiger partial charge in [-0.15, -0.1) is 23.1 Å². The van der Waals surface area contributed by atoms with Gasteiger partial charge in [-0.2, -0.15) is 0 Å². The van der Waals surface area contributed by atoms with Crippen molar-refractivity contribution in [2.24, 2.45) is 0 Å². The fourth-order valence-electron chi connectivity index (χ4n) is 1.31. The highest BCUT2D eigenvalue weighted by Crippen LogP contribution is 2.24.